The Hall–Kier alpha value is -1.41. The Bertz CT molecular complexity index is 697. The van der Waals surface area contributed by atoms with E-state index in [1.165, 1.54) is 22.8 Å². The van der Waals surface area contributed by atoms with Crippen molar-refractivity contribution in [2.24, 2.45) is 5.73 Å². The summed E-state index contributed by atoms with van der Waals surface area (Å²) >= 11 is 1.54. The first-order valence-electron chi connectivity index (χ1n) is 6.33. The molecule has 0 aliphatic carbocycles. The topological polar surface area (TPSA) is 72.6 Å². The smallest absolute Gasteiger partial charge is 0.246 e. The highest BCUT2D eigenvalue weighted by molar-refractivity contribution is 7.89. The average molecular weight is 326 g/mol. The minimum absolute atomic E-state index is 0.144. The Labute approximate surface area is 129 Å². The van der Waals surface area contributed by atoms with Crippen molar-refractivity contribution in [3.05, 3.63) is 46.2 Å². The van der Waals surface area contributed by atoms with Crippen LogP contribution in [0.1, 0.15) is 11.1 Å². The second-order valence-electron chi connectivity index (χ2n) is 4.58. The predicted octanol–water partition coefficient (Wildman–Crippen LogP) is 2.04. The summed E-state index contributed by atoms with van der Waals surface area (Å²) in [6.45, 7) is 0.600. The summed E-state index contributed by atoms with van der Waals surface area (Å²) in [6.07, 6.45) is 0. The Kier molecular flexibility index (Phi) is 5.00. The second-order valence-corrected chi connectivity index (χ2v) is 7.38. The second kappa shape index (κ2) is 6.57. The molecule has 21 heavy (non-hydrogen) atoms. The van der Waals surface area contributed by atoms with Gasteiger partial charge in [0.15, 0.2) is 0 Å². The van der Waals surface area contributed by atoms with Gasteiger partial charge in [-0.3, -0.25) is 0 Å². The van der Waals surface area contributed by atoms with Gasteiger partial charge in [0.25, 0.3) is 0 Å². The summed E-state index contributed by atoms with van der Waals surface area (Å²) in [4.78, 5) is 0.144. The first-order valence-corrected chi connectivity index (χ1v) is 8.71. The molecule has 0 unspecified atom stereocenters. The lowest BCUT2D eigenvalue weighted by atomic mass is 10.2. The van der Waals surface area contributed by atoms with E-state index in [0.717, 1.165) is 11.1 Å². The standard InChI is InChI=1S/C14H18N2O3S2/c1-16(9-12-5-6-20-10-12)21(17,18)14-7-11(8-15)3-4-13(14)19-2/h3-7,10H,8-9,15H2,1-2H3. The minimum atomic E-state index is -3.63. The molecule has 1 heterocycles. The molecule has 0 aliphatic rings. The van der Waals surface area contributed by atoms with Crippen molar-refractivity contribution < 1.29 is 13.2 Å². The highest BCUT2D eigenvalue weighted by Crippen LogP contribution is 2.28. The van der Waals surface area contributed by atoms with E-state index in [1.54, 1.807) is 25.2 Å². The van der Waals surface area contributed by atoms with E-state index in [9.17, 15) is 8.42 Å². The van der Waals surface area contributed by atoms with Gasteiger partial charge in [-0.1, -0.05) is 6.07 Å². The zero-order chi connectivity index (χ0) is 15.5. The molecule has 0 fully saturated rings. The third-order valence-corrected chi connectivity index (χ3v) is 5.69. The van der Waals surface area contributed by atoms with E-state index in [0.29, 0.717) is 12.3 Å². The molecule has 5 nitrogen and oxygen atoms in total. The van der Waals surface area contributed by atoms with Crippen molar-refractivity contribution in [1.29, 1.82) is 0 Å². The van der Waals surface area contributed by atoms with Crippen LogP contribution in [0.3, 0.4) is 0 Å². The van der Waals surface area contributed by atoms with Gasteiger partial charge in [-0.25, -0.2) is 8.42 Å². The van der Waals surface area contributed by atoms with Crippen molar-refractivity contribution in [2.75, 3.05) is 14.2 Å². The molecule has 0 radical (unpaired) electrons. The van der Waals surface area contributed by atoms with Crippen LogP contribution in [0, 0.1) is 0 Å². The van der Waals surface area contributed by atoms with Crippen molar-refractivity contribution >= 4 is 21.4 Å². The molecule has 7 heteroatoms. The van der Waals surface area contributed by atoms with Crippen molar-refractivity contribution in [2.45, 2.75) is 18.0 Å². The van der Waals surface area contributed by atoms with Gasteiger partial charge in [-0.2, -0.15) is 15.6 Å². The molecular formula is C14H18N2O3S2. The zero-order valence-electron chi connectivity index (χ0n) is 11.9. The van der Waals surface area contributed by atoms with Gasteiger partial charge < -0.3 is 10.5 Å². The van der Waals surface area contributed by atoms with E-state index in [-0.39, 0.29) is 11.4 Å². The van der Waals surface area contributed by atoms with Crippen LogP contribution in [0.4, 0.5) is 0 Å². The number of sulfonamides is 1. The minimum Gasteiger partial charge on any atom is -0.495 e. The van der Waals surface area contributed by atoms with Gasteiger partial charge in [-0.15, -0.1) is 0 Å². The largest absolute Gasteiger partial charge is 0.495 e. The summed E-state index contributed by atoms with van der Waals surface area (Å²) in [6, 6.07) is 6.87. The van der Waals surface area contributed by atoms with Crippen molar-refractivity contribution in [1.82, 2.24) is 4.31 Å². The van der Waals surface area contributed by atoms with E-state index in [4.69, 9.17) is 10.5 Å². The number of ether oxygens (including phenoxy) is 1. The van der Waals surface area contributed by atoms with Crippen molar-refractivity contribution in [3.63, 3.8) is 0 Å². The van der Waals surface area contributed by atoms with Gasteiger partial charge >= 0.3 is 0 Å². The van der Waals surface area contributed by atoms with E-state index in [1.807, 2.05) is 16.8 Å². The van der Waals surface area contributed by atoms with Crippen LogP contribution in [0.5, 0.6) is 5.75 Å². The fourth-order valence-corrected chi connectivity index (χ4v) is 3.96. The normalized spacial score (nSPS) is 11.8. The third-order valence-electron chi connectivity index (χ3n) is 3.14. The van der Waals surface area contributed by atoms with Crippen LogP contribution >= 0.6 is 11.3 Å². The molecule has 1 aromatic carbocycles. The molecule has 0 saturated heterocycles. The lowest BCUT2D eigenvalue weighted by molar-refractivity contribution is 0.397. The number of hydrogen-bond acceptors (Lipinski definition) is 5. The quantitative estimate of drug-likeness (QED) is 0.881. The van der Waals surface area contributed by atoms with Gasteiger partial charge in [-0.05, 0) is 40.1 Å². The number of nitrogens with two attached hydrogens (primary N) is 1. The Morgan fingerprint density at radius 3 is 2.62 bits per heavy atom. The molecule has 2 N–H and O–H groups in total. The van der Waals surface area contributed by atoms with Crippen LogP contribution in [0.2, 0.25) is 0 Å². The number of nitrogens with zero attached hydrogens (tertiary/aromatic N) is 1. The van der Waals surface area contributed by atoms with Gasteiger partial charge in [0.2, 0.25) is 10.0 Å². The summed E-state index contributed by atoms with van der Waals surface area (Å²) < 4.78 is 31.9. The van der Waals surface area contributed by atoms with Crippen LogP contribution < -0.4 is 10.5 Å². The Balaban J connectivity index is 2.38. The molecule has 114 valence electrons. The Morgan fingerprint density at radius 2 is 2.05 bits per heavy atom. The zero-order valence-corrected chi connectivity index (χ0v) is 13.6. The van der Waals surface area contributed by atoms with E-state index in [2.05, 4.69) is 0 Å². The highest BCUT2D eigenvalue weighted by Gasteiger charge is 2.25. The molecule has 0 bridgehead atoms. The first-order chi connectivity index (χ1) is 9.98. The van der Waals surface area contributed by atoms with Crippen molar-refractivity contribution in [3.8, 4) is 5.75 Å². The maximum atomic E-state index is 12.7. The molecule has 1 aromatic heterocycles. The number of thiophene rings is 1. The fourth-order valence-electron chi connectivity index (χ4n) is 1.94. The predicted molar refractivity (Wildman–Crippen MR) is 83.9 cm³/mol. The van der Waals surface area contributed by atoms with Gasteiger partial charge in [0, 0.05) is 20.1 Å². The van der Waals surface area contributed by atoms with Gasteiger partial charge in [0.05, 0.1) is 7.11 Å². The molecule has 0 amide bonds. The first kappa shape index (κ1) is 16.0. The molecule has 0 spiro atoms. The third kappa shape index (κ3) is 3.44. The average Bonchev–Trinajstić information content (AvgIpc) is 2.99. The number of benzene rings is 1. The summed E-state index contributed by atoms with van der Waals surface area (Å²) in [5.41, 5.74) is 7.30. The molecule has 2 aromatic rings. The Morgan fingerprint density at radius 1 is 1.29 bits per heavy atom. The van der Waals surface area contributed by atoms with Crippen LogP contribution in [-0.2, 0) is 23.1 Å². The number of hydrogen-bond donors (Lipinski definition) is 1. The molecule has 0 atom stereocenters. The lowest BCUT2D eigenvalue weighted by Gasteiger charge is -2.19. The van der Waals surface area contributed by atoms with Crippen LogP contribution in [0.15, 0.2) is 39.9 Å². The molecule has 0 saturated carbocycles. The number of methoxy groups -OCH3 is 1. The monoisotopic (exact) mass is 326 g/mol. The SMILES string of the molecule is COc1ccc(CN)cc1S(=O)(=O)N(C)Cc1ccsc1. The number of rotatable bonds is 6. The summed E-state index contributed by atoms with van der Waals surface area (Å²) in [7, 11) is -0.622. The van der Waals surface area contributed by atoms with Crippen LogP contribution in [-0.4, -0.2) is 26.9 Å². The summed E-state index contributed by atoms with van der Waals surface area (Å²) in [5, 5.41) is 3.85. The maximum Gasteiger partial charge on any atom is 0.246 e. The van der Waals surface area contributed by atoms with E-state index >= 15 is 0 Å². The fraction of sp³-hybridized carbons (Fsp3) is 0.286. The molecule has 2 rings (SSSR count). The molecular weight excluding hydrogens is 308 g/mol. The summed E-state index contributed by atoms with van der Waals surface area (Å²) in [5.74, 6) is 0.323. The lowest BCUT2D eigenvalue weighted by Crippen LogP contribution is -2.27. The van der Waals surface area contributed by atoms with Crippen LogP contribution in [0.25, 0.3) is 0 Å². The molecule has 0 aliphatic heterocycles. The van der Waals surface area contributed by atoms with Gasteiger partial charge in [0.1, 0.15) is 10.6 Å². The van der Waals surface area contributed by atoms with E-state index < -0.39 is 10.0 Å². The highest BCUT2D eigenvalue weighted by atomic mass is 32.2. The maximum absolute atomic E-state index is 12.7.